The second-order valence-electron chi connectivity index (χ2n) is 6.12. The lowest BCUT2D eigenvalue weighted by Crippen LogP contribution is -2.40. The third kappa shape index (κ3) is 2.78. The first-order valence-electron chi connectivity index (χ1n) is 8.07. The van der Waals surface area contributed by atoms with Gasteiger partial charge in [0.25, 0.3) is 11.5 Å². The minimum absolute atomic E-state index is 0.0125. The van der Waals surface area contributed by atoms with Gasteiger partial charge in [0.2, 0.25) is 0 Å². The van der Waals surface area contributed by atoms with Crippen LogP contribution >= 0.6 is 11.6 Å². The van der Waals surface area contributed by atoms with Gasteiger partial charge in [-0.3, -0.25) is 14.6 Å². The highest BCUT2D eigenvalue weighted by Gasteiger charge is 2.30. The first-order valence-corrected chi connectivity index (χ1v) is 8.45. The molecule has 9 heteroatoms. The summed E-state index contributed by atoms with van der Waals surface area (Å²) in [5, 5.41) is 8.48. The van der Waals surface area contributed by atoms with E-state index in [2.05, 4.69) is 20.2 Å². The number of aromatic amines is 1. The average molecular weight is 371 g/mol. The van der Waals surface area contributed by atoms with Gasteiger partial charge < -0.3 is 14.5 Å². The molecule has 1 aliphatic heterocycles. The predicted octanol–water partition coefficient (Wildman–Crippen LogP) is 1.90. The number of nitrogens with zero attached hydrogens (tertiary/aromatic N) is 5. The van der Waals surface area contributed by atoms with E-state index in [0.717, 1.165) is 5.69 Å². The van der Waals surface area contributed by atoms with E-state index < -0.39 is 5.56 Å². The van der Waals surface area contributed by atoms with Gasteiger partial charge in [-0.1, -0.05) is 17.7 Å². The van der Waals surface area contributed by atoms with E-state index in [4.69, 9.17) is 11.6 Å². The summed E-state index contributed by atoms with van der Waals surface area (Å²) in [5.74, 6) is 1.16. The summed E-state index contributed by atoms with van der Waals surface area (Å²) in [5.41, 5.74) is 0.653. The molecule has 0 saturated carbocycles. The Morgan fingerprint density at radius 3 is 2.92 bits per heavy atom. The van der Waals surface area contributed by atoms with Crippen molar-refractivity contribution in [2.24, 2.45) is 0 Å². The zero-order valence-corrected chi connectivity index (χ0v) is 14.6. The van der Waals surface area contributed by atoms with Gasteiger partial charge in [-0.2, -0.15) is 0 Å². The van der Waals surface area contributed by atoms with Crippen molar-refractivity contribution in [3.63, 3.8) is 0 Å². The summed E-state index contributed by atoms with van der Waals surface area (Å²) in [6, 6.07) is 6.98. The molecular weight excluding hydrogens is 356 g/mol. The molecule has 3 aromatic heterocycles. The molecule has 8 nitrogen and oxygen atoms in total. The van der Waals surface area contributed by atoms with E-state index in [0.29, 0.717) is 30.3 Å². The van der Waals surface area contributed by atoms with Crippen molar-refractivity contribution in [2.75, 3.05) is 6.54 Å². The molecule has 1 amide bonds. The van der Waals surface area contributed by atoms with Gasteiger partial charge in [0, 0.05) is 18.9 Å². The van der Waals surface area contributed by atoms with Crippen LogP contribution in [0.1, 0.15) is 29.1 Å². The van der Waals surface area contributed by atoms with E-state index in [9.17, 15) is 9.59 Å². The van der Waals surface area contributed by atoms with E-state index >= 15 is 0 Å². The van der Waals surface area contributed by atoms with Crippen LogP contribution in [-0.4, -0.2) is 42.1 Å². The third-order valence-corrected chi connectivity index (χ3v) is 4.59. The number of aromatic nitrogens is 5. The van der Waals surface area contributed by atoms with Gasteiger partial charge in [-0.25, -0.2) is 0 Å². The molecule has 0 saturated heterocycles. The minimum atomic E-state index is -0.421. The van der Waals surface area contributed by atoms with E-state index in [1.807, 2.05) is 29.7 Å². The van der Waals surface area contributed by atoms with Crippen LogP contribution in [0.25, 0.3) is 11.5 Å². The van der Waals surface area contributed by atoms with Gasteiger partial charge >= 0.3 is 0 Å². The van der Waals surface area contributed by atoms with Gasteiger partial charge in [-0.05, 0) is 25.1 Å². The Morgan fingerprint density at radius 1 is 1.35 bits per heavy atom. The number of carbonyl (C=O) groups is 1. The van der Waals surface area contributed by atoms with Crippen LogP contribution in [0, 0.1) is 0 Å². The number of nitrogens with one attached hydrogen (secondary N) is 1. The third-order valence-electron chi connectivity index (χ3n) is 4.31. The van der Waals surface area contributed by atoms with Crippen LogP contribution in [0.4, 0.5) is 0 Å². The number of hydrogen-bond donors (Lipinski definition) is 1. The van der Waals surface area contributed by atoms with Gasteiger partial charge in [0.15, 0.2) is 11.6 Å². The number of pyridine rings is 2. The number of amides is 1. The topological polar surface area (TPSA) is 96.8 Å². The first-order chi connectivity index (χ1) is 12.5. The second-order valence-corrected chi connectivity index (χ2v) is 6.53. The quantitative estimate of drug-likeness (QED) is 0.743. The van der Waals surface area contributed by atoms with Gasteiger partial charge in [0.05, 0.1) is 18.2 Å². The van der Waals surface area contributed by atoms with Crippen molar-refractivity contribution in [1.82, 2.24) is 29.6 Å². The lowest BCUT2D eigenvalue weighted by molar-refractivity contribution is 0.0681. The first kappa shape index (κ1) is 16.5. The molecule has 0 fully saturated rings. The van der Waals surface area contributed by atoms with Crippen molar-refractivity contribution >= 4 is 17.5 Å². The number of rotatable bonds is 2. The Hall–Kier alpha value is -3.00. The van der Waals surface area contributed by atoms with Crippen LogP contribution in [0.15, 0.2) is 41.5 Å². The maximum Gasteiger partial charge on any atom is 0.266 e. The maximum absolute atomic E-state index is 12.8. The predicted molar refractivity (Wildman–Crippen MR) is 94.8 cm³/mol. The molecule has 0 bridgehead atoms. The highest BCUT2D eigenvalue weighted by molar-refractivity contribution is 6.30. The fourth-order valence-electron chi connectivity index (χ4n) is 3.12. The molecule has 4 heterocycles. The molecule has 26 heavy (non-hydrogen) atoms. The molecular formula is C17H15ClN6O2. The van der Waals surface area contributed by atoms with Gasteiger partial charge in [0.1, 0.15) is 10.7 Å². The summed E-state index contributed by atoms with van der Waals surface area (Å²) in [6.45, 7) is 2.80. The zero-order valence-electron chi connectivity index (χ0n) is 13.9. The number of halogens is 1. The van der Waals surface area contributed by atoms with E-state index in [1.54, 1.807) is 11.1 Å². The zero-order chi connectivity index (χ0) is 18.3. The summed E-state index contributed by atoms with van der Waals surface area (Å²) in [4.78, 5) is 32.6. The fourth-order valence-corrected chi connectivity index (χ4v) is 3.29. The highest BCUT2D eigenvalue weighted by atomic mass is 35.5. The molecule has 1 atom stereocenters. The van der Waals surface area contributed by atoms with Crippen molar-refractivity contribution in [3.05, 3.63) is 63.4 Å². The van der Waals surface area contributed by atoms with Crippen LogP contribution in [-0.2, 0) is 6.54 Å². The standard InChI is InChI=1S/C17H15ClN6O2/c1-10-8-23(17(26)11-6-12(18)16(25)20-7-11)9-14-21-22-15(24(10)14)13-4-2-3-5-19-13/h2-7,10H,8-9H2,1H3,(H,20,25)/t10-/m0/s1. The van der Waals surface area contributed by atoms with E-state index in [1.165, 1.54) is 12.3 Å². The summed E-state index contributed by atoms with van der Waals surface area (Å²) >= 11 is 5.83. The molecule has 3 aromatic rings. The van der Waals surface area contributed by atoms with Crippen LogP contribution in [0.5, 0.6) is 0 Å². The van der Waals surface area contributed by atoms with Crippen LogP contribution in [0.3, 0.4) is 0 Å². The lowest BCUT2D eigenvalue weighted by Gasteiger charge is -2.32. The van der Waals surface area contributed by atoms with Crippen LogP contribution < -0.4 is 5.56 Å². The number of fused-ring (bicyclic) bond motifs is 1. The summed E-state index contributed by atoms with van der Waals surface area (Å²) < 4.78 is 2.01. The Kier molecular flexibility index (Phi) is 4.04. The van der Waals surface area contributed by atoms with Crippen molar-refractivity contribution in [2.45, 2.75) is 19.5 Å². The monoisotopic (exact) mass is 370 g/mol. The van der Waals surface area contributed by atoms with Crippen molar-refractivity contribution < 1.29 is 4.79 Å². The van der Waals surface area contributed by atoms with Crippen LogP contribution in [0.2, 0.25) is 5.02 Å². The Labute approximate surface area is 153 Å². The number of carbonyl (C=O) groups excluding carboxylic acids is 1. The molecule has 0 aromatic carbocycles. The SMILES string of the molecule is C[C@H]1CN(C(=O)c2c[nH]c(=O)c(Cl)c2)Cc2nnc(-c3ccccn3)n21. The molecule has 0 aliphatic carbocycles. The molecule has 0 unspecified atom stereocenters. The Bertz CT molecular complexity index is 1030. The van der Waals surface area contributed by atoms with Crippen molar-refractivity contribution in [3.8, 4) is 11.5 Å². The van der Waals surface area contributed by atoms with Crippen molar-refractivity contribution in [1.29, 1.82) is 0 Å². The summed E-state index contributed by atoms with van der Waals surface area (Å²) in [7, 11) is 0. The lowest BCUT2D eigenvalue weighted by atomic mass is 10.1. The summed E-state index contributed by atoms with van der Waals surface area (Å²) in [6.07, 6.45) is 3.08. The molecule has 1 N–H and O–H groups in total. The highest BCUT2D eigenvalue weighted by Crippen LogP contribution is 2.27. The molecule has 4 rings (SSSR count). The normalized spacial score (nSPS) is 16.4. The average Bonchev–Trinajstić information content (AvgIpc) is 3.09. The van der Waals surface area contributed by atoms with Gasteiger partial charge in [-0.15, -0.1) is 10.2 Å². The fraction of sp³-hybridized carbons (Fsp3) is 0.235. The van der Waals surface area contributed by atoms with E-state index in [-0.39, 0.29) is 17.0 Å². The molecule has 0 radical (unpaired) electrons. The Balaban J connectivity index is 1.65. The number of H-pyrrole nitrogens is 1. The molecule has 0 spiro atoms. The minimum Gasteiger partial charge on any atom is -0.329 e. The largest absolute Gasteiger partial charge is 0.329 e. The Morgan fingerprint density at radius 2 is 2.19 bits per heavy atom. The second kappa shape index (κ2) is 6.38. The maximum atomic E-state index is 12.8. The molecule has 1 aliphatic rings. The molecule has 132 valence electrons. The smallest absolute Gasteiger partial charge is 0.266 e. The number of hydrogen-bond acceptors (Lipinski definition) is 5.